The first-order valence-electron chi connectivity index (χ1n) is 27.0. The maximum atomic E-state index is 5.05. The van der Waals surface area contributed by atoms with Crippen LogP contribution >= 0.6 is 0 Å². The van der Waals surface area contributed by atoms with E-state index >= 15 is 0 Å². The standard InChI is InChI=1S/C73H51N3/c1-3-71(4-2)65-41-46(33-37-54(65)55-38-36-49(43-66(55)71)76-68-31-17-9-23-56(68)57-24-10-18-32-69(57)76)34-40-70-74-44-48(45-75-70)47-35-39-64-67(42-47)73(60-27-13-7-21-52(60)53-22-8-14-28-61(53)73)63-30-16-15-29-62(63)72(64)58-25-11-5-19-50(58)51-20-6-12-26-59(51)72/h5-45H,3-4H2,1-2H3/b40-34+. The van der Waals surface area contributed by atoms with Gasteiger partial charge in [-0.05, 0) is 149 Å². The highest BCUT2D eigenvalue weighted by Crippen LogP contribution is 2.67. The largest absolute Gasteiger partial charge is 0.309 e. The molecule has 2 aromatic heterocycles. The van der Waals surface area contributed by atoms with Gasteiger partial charge in [0, 0.05) is 39.8 Å². The molecule has 358 valence electrons. The molecule has 0 N–H and O–H groups in total. The summed E-state index contributed by atoms with van der Waals surface area (Å²) in [5, 5.41) is 2.56. The van der Waals surface area contributed by atoms with Gasteiger partial charge in [0.05, 0.1) is 21.9 Å². The molecule has 0 fully saturated rings. The predicted molar refractivity (Wildman–Crippen MR) is 312 cm³/mol. The number of benzene rings is 10. The van der Waals surface area contributed by atoms with Crippen molar-refractivity contribution in [3.8, 4) is 50.2 Å². The molecule has 0 radical (unpaired) electrons. The van der Waals surface area contributed by atoms with Gasteiger partial charge in [0.25, 0.3) is 0 Å². The van der Waals surface area contributed by atoms with Crippen LogP contribution in [0, 0.1) is 0 Å². The van der Waals surface area contributed by atoms with Crippen LogP contribution in [0.3, 0.4) is 0 Å². The van der Waals surface area contributed by atoms with Crippen molar-refractivity contribution >= 4 is 34.0 Å². The van der Waals surface area contributed by atoms with Gasteiger partial charge in [-0.2, -0.15) is 0 Å². The molecule has 3 heteroatoms. The number of hydrogen-bond acceptors (Lipinski definition) is 2. The Kier molecular flexibility index (Phi) is 9.06. The second-order valence-corrected chi connectivity index (χ2v) is 21.3. The highest BCUT2D eigenvalue weighted by molar-refractivity contribution is 6.09. The Morgan fingerprint density at radius 3 is 1.33 bits per heavy atom. The van der Waals surface area contributed by atoms with Crippen LogP contribution in [0.25, 0.3) is 84.2 Å². The molecule has 76 heavy (non-hydrogen) atoms. The summed E-state index contributed by atoms with van der Waals surface area (Å²) in [6, 6.07) is 84.6. The van der Waals surface area contributed by atoms with Gasteiger partial charge in [0.15, 0.2) is 5.82 Å². The van der Waals surface area contributed by atoms with Crippen molar-refractivity contribution in [2.24, 2.45) is 0 Å². The van der Waals surface area contributed by atoms with E-state index in [1.54, 1.807) is 0 Å². The van der Waals surface area contributed by atoms with Crippen LogP contribution in [0.15, 0.2) is 237 Å². The van der Waals surface area contributed by atoms with Gasteiger partial charge in [0.2, 0.25) is 0 Å². The smallest absolute Gasteiger partial charge is 0.151 e. The van der Waals surface area contributed by atoms with Crippen molar-refractivity contribution in [3.63, 3.8) is 0 Å². The average Bonchev–Trinajstić information content (AvgIpc) is 4.04. The lowest BCUT2D eigenvalue weighted by Crippen LogP contribution is -2.43. The van der Waals surface area contributed by atoms with Gasteiger partial charge < -0.3 is 4.57 Å². The molecular formula is C73H51N3. The Hall–Kier alpha value is -9.18. The third kappa shape index (κ3) is 5.46. The molecule has 16 rings (SSSR count). The van der Waals surface area contributed by atoms with Crippen LogP contribution in [-0.4, -0.2) is 14.5 Å². The maximum Gasteiger partial charge on any atom is 0.151 e. The maximum absolute atomic E-state index is 5.05. The Labute approximate surface area is 443 Å². The van der Waals surface area contributed by atoms with Crippen LogP contribution in [0.4, 0.5) is 0 Å². The van der Waals surface area contributed by atoms with E-state index in [0.29, 0.717) is 5.82 Å². The second kappa shape index (κ2) is 15.9. The third-order valence-electron chi connectivity index (χ3n) is 18.3. The van der Waals surface area contributed by atoms with Gasteiger partial charge >= 0.3 is 0 Å². The first kappa shape index (κ1) is 43.2. The number of fused-ring (bicyclic) bond motifs is 22. The molecule has 4 aliphatic rings. The first-order chi connectivity index (χ1) is 37.6. The van der Waals surface area contributed by atoms with E-state index in [4.69, 9.17) is 9.97 Å². The van der Waals surface area contributed by atoms with E-state index in [9.17, 15) is 0 Å². The van der Waals surface area contributed by atoms with Crippen molar-refractivity contribution < 1.29 is 0 Å². The summed E-state index contributed by atoms with van der Waals surface area (Å²) in [5.41, 5.74) is 27.0. The fourth-order valence-corrected chi connectivity index (χ4v) is 15.1. The molecule has 0 saturated carbocycles. The van der Waals surface area contributed by atoms with Crippen molar-refractivity contribution in [2.75, 3.05) is 0 Å². The minimum Gasteiger partial charge on any atom is -0.309 e. The molecule has 0 atom stereocenters. The molecule has 10 aromatic carbocycles. The first-order valence-corrected chi connectivity index (χ1v) is 27.0. The number of rotatable bonds is 6. The zero-order valence-electron chi connectivity index (χ0n) is 42.4. The second-order valence-electron chi connectivity index (χ2n) is 21.3. The minimum absolute atomic E-state index is 0.107. The zero-order chi connectivity index (χ0) is 50.3. The minimum atomic E-state index is -0.560. The molecular weight excluding hydrogens is 919 g/mol. The molecule has 4 aliphatic carbocycles. The molecule has 12 aromatic rings. The lowest BCUT2D eigenvalue weighted by molar-refractivity contribution is 0.490. The topological polar surface area (TPSA) is 30.7 Å². The summed E-state index contributed by atoms with van der Waals surface area (Å²) in [4.78, 5) is 10.1. The Bertz CT molecular complexity index is 4300. The van der Waals surface area contributed by atoms with E-state index in [2.05, 4.69) is 255 Å². The molecule has 3 nitrogen and oxygen atoms in total. The van der Waals surface area contributed by atoms with E-state index in [1.165, 1.54) is 117 Å². The molecule has 2 heterocycles. The van der Waals surface area contributed by atoms with Crippen LogP contribution in [0.2, 0.25) is 0 Å². The Morgan fingerprint density at radius 1 is 0.355 bits per heavy atom. The van der Waals surface area contributed by atoms with E-state index in [1.807, 2.05) is 12.4 Å². The molecule has 0 amide bonds. The molecule has 0 unspecified atom stereocenters. The summed E-state index contributed by atoms with van der Waals surface area (Å²) >= 11 is 0. The van der Waals surface area contributed by atoms with Crippen LogP contribution in [0.5, 0.6) is 0 Å². The monoisotopic (exact) mass is 969 g/mol. The summed E-state index contributed by atoms with van der Waals surface area (Å²) in [5.74, 6) is 0.681. The molecule has 2 spiro atoms. The van der Waals surface area contributed by atoms with Gasteiger partial charge in [-0.1, -0.05) is 214 Å². The molecule has 0 saturated heterocycles. The average molecular weight is 970 g/mol. The number of aromatic nitrogens is 3. The summed E-state index contributed by atoms with van der Waals surface area (Å²) in [6.45, 7) is 4.70. The lowest BCUT2D eigenvalue weighted by atomic mass is 9.52. The third-order valence-corrected chi connectivity index (χ3v) is 18.3. The van der Waals surface area contributed by atoms with Gasteiger partial charge in [-0.3, -0.25) is 0 Å². The molecule has 0 aliphatic heterocycles. The van der Waals surface area contributed by atoms with Gasteiger partial charge in [-0.25, -0.2) is 9.97 Å². The van der Waals surface area contributed by atoms with Crippen LogP contribution in [-0.2, 0) is 16.2 Å². The summed E-state index contributed by atoms with van der Waals surface area (Å²) in [6.07, 6.45) is 10.3. The lowest BCUT2D eigenvalue weighted by Gasteiger charge is -2.49. The highest BCUT2D eigenvalue weighted by atomic mass is 15.0. The summed E-state index contributed by atoms with van der Waals surface area (Å²) < 4.78 is 2.45. The number of hydrogen-bond donors (Lipinski definition) is 0. The van der Waals surface area contributed by atoms with Gasteiger partial charge in [-0.15, -0.1) is 0 Å². The van der Waals surface area contributed by atoms with E-state index in [-0.39, 0.29) is 5.41 Å². The van der Waals surface area contributed by atoms with E-state index in [0.717, 1.165) is 29.5 Å². The Morgan fingerprint density at radius 2 is 0.789 bits per heavy atom. The number of nitrogens with zero attached hydrogens (tertiary/aromatic N) is 3. The fraction of sp³-hybridized carbons (Fsp3) is 0.0959. The molecule has 0 bridgehead atoms. The van der Waals surface area contributed by atoms with Crippen molar-refractivity contribution in [1.82, 2.24) is 14.5 Å². The SMILES string of the molecule is CCC1(CC)c2cc(/C=C/c3ncc(-c4ccc5c(c4)C4(c6ccccc6-c6ccccc64)c4ccccc4C54c5ccccc5-c5ccccc54)cn3)ccc2-c2ccc(-n3c4ccccc4c4ccccc43)cc21. The van der Waals surface area contributed by atoms with E-state index < -0.39 is 10.8 Å². The number of para-hydroxylation sites is 2. The van der Waals surface area contributed by atoms with Crippen molar-refractivity contribution in [2.45, 2.75) is 42.9 Å². The Balaban J connectivity index is 0.792. The van der Waals surface area contributed by atoms with Crippen LogP contribution in [0.1, 0.15) is 93.7 Å². The van der Waals surface area contributed by atoms with Gasteiger partial charge in [0.1, 0.15) is 0 Å². The van der Waals surface area contributed by atoms with Crippen molar-refractivity contribution in [3.05, 3.63) is 304 Å². The highest BCUT2D eigenvalue weighted by Gasteiger charge is 2.59. The quantitative estimate of drug-likeness (QED) is 0.166. The van der Waals surface area contributed by atoms with Crippen LogP contribution < -0.4 is 0 Å². The predicted octanol–water partition coefficient (Wildman–Crippen LogP) is 17.5. The van der Waals surface area contributed by atoms with Crippen molar-refractivity contribution in [1.29, 1.82) is 0 Å². The fourth-order valence-electron chi connectivity index (χ4n) is 15.1. The summed E-state index contributed by atoms with van der Waals surface area (Å²) in [7, 11) is 0. The normalized spacial score (nSPS) is 15.1. The zero-order valence-corrected chi connectivity index (χ0v) is 42.4.